The van der Waals surface area contributed by atoms with Crippen molar-refractivity contribution in [3.63, 3.8) is 0 Å². The van der Waals surface area contributed by atoms with Crippen molar-refractivity contribution < 1.29 is 67.6 Å². The SMILES string of the molecule is CC[C@@H](C(=O)N[C@@H]1C(=O)N2[C@@H](CC[C@@H]1CO)CC[C@H]2C(=O)N[C@H](C(=O)NCCCCCCCCNC(=O)[C@@H](NC(=O)[C@@H]1CC[C@@H]2CC[C@H](CO)[C@H](NC(=O)[C@H](CC)N(C)C(=O)OC(C)(C)C)C(=O)N21)c1ccccc1)c1ccccc1)N(C)C(=O)OC(C)(C)C. The maximum Gasteiger partial charge on any atom is 0.410 e. The van der Waals surface area contributed by atoms with Crippen LogP contribution >= 0.6 is 0 Å². The lowest BCUT2D eigenvalue weighted by Crippen LogP contribution is -2.59. The lowest BCUT2D eigenvalue weighted by Gasteiger charge is -2.34. The van der Waals surface area contributed by atoms with Gasteiger partial charge in [0, 0.05) is 64.3 Å². The second-order valence-corrected chi connectivity index (χ2v) is 26.4. The average molecular weight is 1260 g/mol. The molecule has 4 aliphatic rings. The first kappa shape index (κ1) is 71.7. The van der Waals surface area contributed by atoms with Gasteiger partial charge in [-0.15, -0.1) is 0 Å². The van der Waals surface area contributed by atoms with Crippen molar-refractivity contribution in [1.82, 2.24) is 51.5 Å². The number of amides is 10. The second kappa shape index (κ2) is 33.1. The molecule has 0 bridgehead atoms. The molecule has 6 rings (SSSR count). The smallest absolute Gasteiger partial charge is 0.410 e. The van der Waals surface area contributed by atoms with Crippen molar-refractivity contribution in [2.24, 2.45) is 11.8 Å². The molecule has 2 aromatic carbocycles. The van der Waals surface area contributed by atoms with Gasteiger partial charge in [-0.1, -0.05) is 100 Å². The van der Waals surface area contributed by atoms with Crippen molar-refractivity contribution in [2.45, 2.75) is 230 Å². The summed E-state index contributed by atoms with van der Waals surface area (Å²) in [5.74, 6) is -5.36. The van der Waals surface area contributed by atoms with Gasteiger partial charge in [-0.2, -0.15) is 0 Å². The van der Waals surface area contributed by atoms with Gasteiger partial charge in [-0.05, 0) is 130 Å². The summed E-state index contributed by atoms with van der Waals surface area (Å²) in [6.45, 7) is 13.7. The van der Waals surface area contributed by atoms with Gasteiger partial charge in [-0.3, -0.25) is 48.2 Å². The quantitative estimate of drug-likeness (QED) is 0.0543. The van der Waals surface area contributed by atoms with Crippen LogP contribution in [0.25, 0.3) is 0 Å². The molecule has 0 aliphatic carbocycles. The molecule has 4 aliphatic heterocycles. The second-order valence-electron chi connectivity index (χ2n) is 26.4. The molecule has 498 valence electrons. The van der Waals surface area contributed by atoms with Crippen molar-refractivity contribution in [2.75, 3.05) is 40.4 Å². The number of ether oxygens (including phenoxy) is 2. The molecule has 4 heterocycles. The number of hydrogen-bond acceptors (Lipinski definition) is 14. The Bertz CT molecular complexity index is 2590. The topological polar surface area (TPSA) is 315 Å². The summed E-state index contributed by atoms with van der Waals surface area (Å²) in [6, 6.07) is 8.66. The van der Waals surface area contributed by atoms with Crippen LogP contribution in [0.1, 0.15) is 181 Å². The highest BCUT2D eigenvalue weighted by Crippen LogP contribution is 2.37. The number of fused-ring (bicyclic) bond motifs is 2. The van der Waals surface area contributed by atoms with Crippen LogP contribution < -0.4 is 31.9 Å². The van der Waals surface area contributed by atoms with E-state index >= 15 is 0 Å². The first-order valence-corrected chi connectivity index (χ1v) is 32.4. The van der Waals surface area contributed by atoms with Gasteiger partial charge < -0.3 is 61.4 Å². The number of aliphatic hydroxyl groups excluding tert-OH is 2. The summed E-state index contributed by atoms with van der Waals surface area (Å²) in [5.41, 5.74) is -0.508. The molecule has 24 nitrogen and oxygen atoms in total. The van der Waals surface area contributed by atoms with Gasteiger partial charge in [0.1, 0.15) is 59.5 Å². The number of rotatable bonds is 27. The third-order valence-corrected chi connectivity index (χ3v) is 17.6. The van der Waals surface area contributed by atoms with E-state index in [0.717, 1.165) is 25.7 Å². The van der Waals surface area contributed by atoms with E-state index < -0.39 is 131 Å². The fourth-order valence-corrected chi connectivity index (χ4v) is 12.8. The molecular weight excluding hydrogens is 1160 g/mol. The summed E-state index contributed by atoms with van der Waals surface area (Å²) >= 11 is 0. The van der Waals surface area contributed by atoms with Crippen molar-refractivity contribution in [3.8, 4) is 0 Å². The first-order valence-electron chi connectivity index (χ1n) is 32.4. The van der Waals surface area contributed by atoms with Crippen LogP contribution in [0.3, 0.4) is 0 Å². The molecule has 10 amide bonds. The summed E-state index contributed by atoms with van der Waals surface area (Å²) in [7, 11) is 2.91. The third kappa shape index (κ3) is 19.1. The van der Waals surface area contributed by atoms with Crippen molar-refractivity contribution in [1.29, 1.82) is 0 Å². The molecule has 0 unspecified atom stereocenters. The van der Waals surface area contributed by atoms with Crippen LogP contribution in [0, 0.1) is 11.8 Å². The number of hydrogen-bond donors (Lipinski definition) is 8. The first-order chi connectivity index (χ1) is 42.7. The number of nitrogens with one attached hydrogen (secondary N) is 6. The van der Waals surface area contributed by atoms with Gasteiger partial charge in [0.25, 0.3) is 0 Å². The molecule has 4 fully saturated rings. The van der Waals surface area contributed by atoms with Crippen LogP contribution in [0.5, 0.6) is 0 Å². The fourth-order valence-electron chi connectivity index (χ4n) is 12.8. The number of benzene rings is 2. The minimum absolute atomic E-state index is 0.221. The molecule has 8 N–H and O–H groups in total. The number of carbonyl (C=O) groups excluding carboxylic acids is 10. The van der Waals surface area contributed by atoms with Gasteiger partial charge >= 0.3 is 12.2 Å². The lowest BCUT2D eigenvalue weighted by molar-refractivity contribution is -0.145. The zero-order valence-corrected chi connectivity index (χ0v) is 54.4. The van der Waals surface area contributed by atoms with E-state index in [1.165, 1.54) is 33.7 Å². The van der Waals surface area contributed by atoms with Crippen LogP contribution in [0.2, 0.25) is 0 Å². The van der Waals surface area contributed by atoms with Crippen molar-refractivity contribution in [3.05, 3.63) is 71.8 Å². The van der Waals surface area contributed by atoms with Crippen LogP contribution in [0.4, 0.5) is 9.59 Å². The highest BCUT2D eigenvalue weighted by Gasteiger charge is 2.50. The normalized spacial score (nSPS) is 23.0. The van der Waals surface area contributed by atoms with Gasteiger partial charge in [-0.25, -0.2) is 9.59 Å². The molecule has 4 saturated heterocycles. The van der Waals surface area contributed by atoms with Gasteiger partial charge in [0.2, 0.25) is 47.3 Å². The Morgan fingerprint density at radius 2 is 0.844 bits per heavy atom. The predicted octanol–water partition coefficient (Wildman–Crippen LogP) is 5.06. The minimum Gasteiger partial charge on any atom is -0.444 e. The monoisotopic (exact) mass is 1260 g/mol. The Labute approximate surface area is 530 Å². The molecule has 0 aromatic heterocycles. The van der Waals surface area contributed by atoms with Crippen LogP contribution in [-0.2, 0) is 47.8 Å². The van der Waals surface area contributed by atoms with Crippen LogP contribution in [-0.4, -0.2) is 189 Å². The maximum atomic E-state index is 14.5. The maximum absolute atomic E-state index is 14.5. The molecule has 2 aromatic rings. The Morgan fingerprint density at radius 1 is 0.511 bits per heavy atom. The van der Waals surface area contributed by atoms with E-state index in [-0.39, 0.29) is 38.1 Å². The van der Waals surface area contributed by atoms with E-state index in [2.05, 4.69) is 31.9 Å². The Hall–Kier alpha value is -7.34. The summed E-state index contributed by atoms with van der Waals surface area (Å²) in [5, 5.41) is 38.4. The predicted molar refractivity (Wildman–Crippen MR) is 335 cm³/mol. The molecule has 0 saturated carbocycles. The largest absolute Gasteiger partial charge is 0.444 e. The van der Waals surface area contributed by atoms with Gasteiger partial charge in [0.15, 0.2) is 0 Å². The summed E-state index contributed by atoms with van der Waals surface area (Å²) in [6.07, 6.45) is 7.12. The number of unbranched alkanes of at least 4 members (excludes halogenated alkanes) is 5. The zero-order chi connectivity index (χ0) is 66.0. The number of likely N-dealkylation sites (N-methyl/N-ethyl adjacent to an activating group) is 2. The van der Waals surface area contributed by atoms with E-state index in [1.54, 1.807) is 116 Å². The standard InChI is InChI=1S/C66H100N10O14/c1-11-47(73(9)63(87)89-65(3,4)5)55(79)71-53-43(39-77)29-31-45-33-35-49(75(45)61(53)85)57(81)69-51(41-25-19-17-20-26-41)59(83)67-37-23-15-13-14-16-24-38-68-60(84)52(42-27-21-18-22-28-42)70-58(82)50-36-34-46-32-30-44(40-78)54(62(86)76(46)50)72-56(80)48(12-2)74(10)64(88)90-66(6,7)8/h17-22,25-28,43-54,77-78H,11-16,23-24,29-40H2,1-10H3,(H,67,83)(H,68,84)(H,69,81)(H,70,82)(H,71,79)(H,72,80)/t43-,44-,45+,46+,47+,48+,49+,50+,51+,52+,53+,54+/m1/s1. The van der Waals surface area contributed by atoms with E-state index in [1.807, 2.05) is 0 Å². The highest BCUT2D eigenvalue weighted by molar-refractivity contribution is 5.98. The molecule has 24 heteroatoms. The Kier molecular flexibility index (Phi) is 26.4. The number of aliphatic hydroxyl groups is 2. The fraction of sp³-hybridized carbons (Fsp3) is 0.667. The molecule has 0 radical (unpaired) electrons. The summed E-state index contributed by atoms with van der Waals surface area (Å²) < 4.78 is 11.0. The summed E-state index contributed by atoms with van der Waals surface area (Å²) in [4.78, 5) is 145. The van der Waals surface area contributed by atoms with E-state index in [9.17, 15) is 58.2 Å². The zero-order valence-electron chi connectivity index (χ0n) is 54.4. The number of carbonyl (C=O) groups is 10. The average Bonchev–Trinajstić information content (AvgIpc) is 1.65. The molecule has 0 spiro atoms. The molecular formula is C66H100N10O14. The highest BCUT2D eigenvalue weighted by atomic mass is 16.6. The van der Waals surface area contributed by atoms with Crippen molar-refractivity contribution >= 4 is 59.4 Å². The molecule has 90 heavy (non-hydrogen) atoms. The molecule has 12 atom stereocenters. The lowest BCUT2D eigenvalue weighted by atomic mass is 9.93. The third-order valence-electron chi connectivity index (χ3n) is 17.6. The van der Waals surface area contributed by atoms with Gasteiger partial charge in [0.05, 0.1) is 0 Å². The number of nitrogens with zero attached hydrogens (tertiary/aromatic N) is 4. The van der Waals surface area contributed by atoms with E-state index in [4.69, 9.17) is 9.47 Å². The Morgan fingerprint density at radius 3 is 1.17 bits per heavy atom. The Balaban J connectivity index is 0.976. The van der Waals surface area contributed by atoms with E-state index in [0.29, 0.717) is 88.4 Å². The minimum atomic E-state index is -1.17. The van der Waals surface area contributed by atoms with Crippen LogP contribution in [0.15, 0.2) is 60.7 Å².